The van der Waals surface area contributed by atoms with Gasteiger partial charge >= 0.3 is 0 Å². The van der Waals surface area contributed by atoms with E-state index in [9.17, 15) is 0 Å². The molecule has 1 unspecified atom stereocenters. The molecule has 0 radical (unpaired) electrons. The van der Waals surface area contributed by atoms with E-state index in [0.717, 1.165) is 24.8 Å². The Morgan fingerprint density at radius 1 is 1.44 bits per heavy atom. The lowest BCUT2D eigenvalue weighted by molar-refractivity contribution is 0.207. The molecular formula is C14H25N3O. The van der Waals surface area contributed by atoms with Crippen LogP contribution in [0, 0.1) is 0 Å². The molecule has 1 aromatic heterocycles. The van der Waals surface area contributed by atoms with Crippen LogP contribution < -0.4 is 10.1 Å². The fourth-order valence-corrected chi connectivity index (χ4v) is 1.94. The zero-order valence-electron chi connectivity index (χ0n) is 11.7. The molecule has 0 aliphatic heterocycles. The highest BCUT2D eigenvalue weighted by atomic mass is 16.5. The fraction of sp³-hybridized carbons (Fsp3) is 0.786. The molecule has 4 heteroatoms. The number of nitrogens with zero attached hydrogens (tertiary/aromatic N) is 2. The number of ether oxygens (including phenoxy) is 1. The zero-order valence-corrected chi connectivity index (χ0v) is 11.7. The first-order chi connectivity index (χ1) is 8.65. The molecule has 1 N–H and O–H groups in total. The molecule has 1 aliphatic rings. The van der Waals surface area contributed by atoms with Gasteiger partial charge in [0.2, 0.25) is 0 Å². The summed E-state index contributed by atoms with van der Waals surface area (Å²) in [5.41, 5.74) is 0. The molecule has 1 aliphatic carbocycles. The summed E-state index contributed by atoms with van der Waals surface area (Å²) < 4.78 is 7.78. The van der Waals surface area contributed by atoms with Crippen molar-refractivity contribution in [3.8, 4) is 5.75 Å². The Morgan fingerprint density at radius 2 is 2.22 bits per heavy atom. The van der Waals surface area contributed by atoms with Gasteiger partial charge in [0.05, 0.1) is 18.5 Å². The van der Waals surface area contributed by atoms with E-state index in [0.29, 0.717) is 6.04 Å². The standard InChI is InChI=1S/C14H25N3O/c1-11(2)17-10-14(9-16-17)18-12(3)5-4-8-15-13-6-7-13/h9-13,15H,4-8H2,1-3H3. The van der Waals surface area contributed by atoms with Crippen molar-refractivity contribution in [2.24, 2.45) is 0 Å². The Balaban J connectivity index is 1.63. The molecule has 2 rings (SSSR count). The summed E-state index contributed by atoms with van der Waals surface area (Å²) in [6.45, 7) is 7.47. The van der Waals surface area contributed by atoms with Crippen LogP contribution in [0.1, 0.15) is 52.5 Å². The van der Waals surface area contributed by atoms with E-state index in [1.807, 2.05) is 10.9 Å². The minimum atomic E-state index is 0.260. The first-order valence-corrected chi connectivity index (χ1v) is 7.09. The second-order valence-corrected chi connectivity index (χ2v) is 5.55. The molecule has 4 nitrogen and oxygen atoms in total. The molecule has 18 heavy (non-hydrogen) atoms. The highest BCUT2D eigenvalue weighted by molar-refractivity contribution is 5.12. The van der Waals surface area contributed by atoms with Crippen molar-refractivity contribution in [1.82, 2.24) is 15.1 Å². The molecule has 1 saturated carbocycles. The molecule has 102 valence electrons. The summed E-state index contributed by atoms with van der Waals surface area (Å²) in [6, 6.07) is 1.20. The fourth-order valence-electron chi connectivity index (χ4n) is 1.94. The summed E-state index contributed by atoms with van der Waals surface area (Å²) in [7, 11) is 0. The first kappa shape index (κ1) is 13.4. The molecule has 0 bridgehead atoms. The van der Waals surface area contributed by atoms with E-state index < -0.39 is 0 Å². The molecule has 1 heterocycles. The van der Waals surface area contributed by atoms with Crippen molar-refractivity contribution in [3.05, 3.63) is 12.4 Å². The lowest BCUT2D eigenvalue weighted by Crippen LogP contribution is -2.20. The quantitative estimate of drug-likeness (QED) is 0.722. The third kappa shape index (κ3) is 4.33. The van der Waals surface area contributed by atoms with Gasteiger partial charge in [0.15, 0.2) is 5.75 Å². The van der Waals surface area contributed by atoms with Crippen LogP contribution in [-0.2, 0) is 0 Å². The van der Waals surface area contributed by atoms with Crippen molar-refractivity contribution in [1.29, 1.82) is 0 Å². The van der Waals surface area contributed by atoms with Gasteiger partial charge in [0, 0.05) is 12.1 Å². The number of hydrogen-bond donors (Lipinski definition) is 1. The normalized spacial score (nSPS) is 17.1. The molecule has 1 fully saturated rings. The van der Waals surface area contributed by atoms with Crippen LogP contribution in [0.25, 0.3) is 0 Å². The van der Waals surface area contributed by atoms with Crippen LogP contribution in [0.15, 0.2) is 12.4 Å². The second kappa shape index (κ2) is 6.23. The maximum absolute atomic E-state index is 5.86. The average Bonchev–Trinajstić information content (AvgIpc) is 3.03. The number of rotatable bonds is 8. The third-order valence-electron chi connectivity index (χ3n) is 3.24. The summed E-state index contributed by atoms with van der Waals surface area (Å²) >= 11 is 0. The van der Waals surface area contributed by atoms with Crippen LogP contribution in [0.2, 0.25) is 0 Å². The van der Waals surface area contributed by atoms with Crippen molar-refractivity contribution >= 4 is 0 Å². The Kier molecular flexibility index (Phi) is 4.64. The Hall–Kier alpha value is -1.03. The largest absolute Gasteiger partial charge is 0.487 e. The molecule has 0 spiro atoms. The van der Waals surface area contributed by atoms with E-state index in [1.165, 1.54) is 19.3 Å². The minimum absolute atomic E-state index is 0.260. The maximum Gasteiger partial charge on any atom is 0.157 e. The van der Waals surface area contributed by atoms with Crippen molar-refractivity contribution in [2.75, 3.05) is 6.54 Å². The number of aromatic nitrogens is 2. The highest BCUT2D eigenvalue weighted by Gasteiger charge is 2.19. The second-order valence-electron chi connectivity index (χ2n) is 5.55. The van der Waals surface area contributed by atoms with Crippen LogP contribution in [0.3, 0.4) is 0 Å². The first-order valence-electron chi connectivity index (χ1n) is 7.09. The van der Waals surface area contributed by atoms with E-state index in [4.69, 9.17) is 4.74 Å². The summed E-state index contributed by atoms with van der Waals surface area (Å²) in [6.07, 6.45) is 9.03. The van der Waals surface area contributed by atoms with Crippen molar-refractivity contribution in [3.63, 3.8) is 0 Å². The Bertz CT molecular complexity index is 358. The van der Waals surface area contributed by atoms with E-state index in [-0.39, 0.29) is 6.10 Å². The van der Waals surface area contributed by atoms with Gasteiger partial charge in [-0.05, 0) is 53.0 Å². The molecular weight excluding hydrogens is 226 g/mol. The van der Waals surface area contributed by atoms with Crippen LogP contribution in [-0.4, -0.2) is 28.5 Å². The SMILES string of the molecule is CC(CCCNC1CC1)Oc1cnn(C(C)C)c1. The number of nitrogens with one attached hydrogen (secondary N) is 1. The van der Waals surface area contributed by atoms with Gasteiger partial charge in [-0.2, -0.15) is 5.10 Å². The van der Waals surface area contributed by atoms with Gasteiger partial charge < -0.3 is 10.1 Å². The van der Waals surface area contributed by atoms with Gasteiger partial charge in [-0.25, -0.2) is 0 Å². The highest BCUT2D eigenvalue weighted by Crippen LogP contribution is 2.19. The smallest absolute Gasteiger partial charge is 0.157 e. The summed E-state index contributed by atoms with van der Waals surface area (Å²) in [5.74, 6) is 0.881. The lowest BCUT2D eigenvalue weighted by Gasteiger charge is -2.13. The summed E-state index contributed by atoms with van der Waals surface area (Å²) in [5, 5.41) is 7.80. The van der Waals surface area contributed by atoms with Gasteiger partial charge in [0.25, 0.3) is 0 Å². The van der Waals surface area contributed by atoms with Crippen molar-refractivity contribution in [2.45, 2.75) is 64.6 Å². The van der Waals surface area contributed by atoms with E-state index in [2.05, 4.69) is 31.2 Å². The molecule has 0 amide bonds. The topological polar surface area (TPSA) is 39.1 Å². The molecule has 0 saturated heterocycles. The third-order valence-corrected chi connectivity index (χ3v) is 3.24. The average molecular weight is 251 g/mol. The lowest BCUT2D eigenvalue weighted by atomic mass is 10.2. The zero-order chi connectivity index (χ0) is 13.0. The summed E-state index contributed by atoms with van der Waals surface area (Å²) in [4.78, 5) is 0. The molecule has 1 aromatic rings. The van der Waals surface area contributed by atoms with E-state index >= 15 is 0 Å². The van der Waals surface area contributed by atoms with Gasteiger partial charge in [-0.3, -0.25) is 4.68 Å². The maximum atomic E-state index is 5.86. The number of hydrogen-bond acceptors (Lipinski definition) is 3. The monoisotopic (exact) mass is 251 g/mol. The minimum Gasteiger partial charge on any atom is -0.487 e. The predicted molar refractivity (Wildman–Crippen MR) is 73.0 cm³/mol. The molecule has 1 atom stereocenters. The Labute approximate surface area is 110 Å². The molecule has 0 aromatic carbocycles. The van der Waals surface area contributed by atoms with Gasteiger partial charge in [0.1, 0.15) is 0 Å². The van der Waals surface area contributed by atoms with Gasteiger partial charge in [-0.15, -0.1) is 0 Å². The van der Waals surface area contributed by atoms with E-state index in [1.54, 1.807) is 6.20 Å². The Morgan fingerprint density at radius 3 is 2.83 bits per heavy atom. The van der Waals surface area contributed by atoms with Crippen LogP contribution >= 0.6 is 0 Å². The predicted octanol–water partition coefficient (Wildman–Crippen LogP) is 2.76. The van der Waals surface area contributed by atoms with Crippen LogP contribution in [0.5, 0.6) is 5.75 Å². The van der Waals surface area contributed by atoms with Crippen molar-refractivity contribution < 1.29 is 4.74 Å². The van der Waals surface area contributed by atoms with Gasteiger partial charge in [-0.1, -0.05) is 0 Å². The van der Waals surface area contributed by atoms with Crippen LogP contribution in [0.4, 0.5) is 0 Å².